The van der Waals surface area contributed by atoms with E-state index in [2.05, 4.69) is 30.0 Å². The molecule has 276 valence electrons. The Labute approximate surface area is 294 Å². The number of hydroxylamine groups is 2. The molecule has 0 saturated carbocycles. The first-order chi connectivity index (χ1) is 24.0. The highest BCUT2D eigenvalue weighted by Gasteiger charge is 2.58. The van der Waals surface area contributed by atoms with Crippen LogP contribution in [0.2, 0.25) is 0 Å². The normalized spacial score (nSPS) is 18.8. The number of alkyl halides is 1. The number of hydrogen-bond donors (Lipinski definition) is 6. The summed E-state index contributed by atoms with van der Waals surface area (Å²) in [5, 5.41) is 20.5. The van der Waals surface area contributed by atoms with E-state index >= 15 is 0 Å². The highest BCUT2D eigenvalue weighted by molar-refractivity contribution is 7.80. The molecule has 2 fully saturated rings. The number of aliphatic carboxylic acids is 1. The molecular weight excluding hydrogens is 720 g/mol. The van der Waals surface area contributed by atoms with Gasteiger partial charge in [-0.05, 0) is 32.9 Å². The van der Waals surface area contributed by atoms with E-state index in [4.69, 9.17) is 25.6 Å². The van der Waals surface area contributed by atoms with Crippen molar-refractivity contribution in [1.29, 1.82) is 0 Å². The van der Waals surface area contributed by atoms with Crippen LogP contribution >= 0.6 is 11.3 Å². The average molecular weight is 756 g/mol. The molecule has 5 heterocycles. The molecule has 8 N–H and O–H groups in total. The third-order valence-electron chi connectivity index (χ3n) is 7.93. The predicted molar refractivity (Wildman–Crippen MR) is 174 cm³/mol. The molecular formula is C28H36FN10O10S2+. The van der Waals surface area contributed by atoms with Crippen LogP contribution in [-0.2, 0) is 46.9 Å². The Kier molecular flexibility index (Phi) is 10.9. The average Bonchev–Trinajstić information content (AvgIpc) is 3.67. The summed E-state index contributed by atoms with van der Waals surface area (Å²) in [6, 6.07) is 1.82. The van der Waals surface area contributed by atoms with Gasteiger partial charge in [-0.15, -0.1) is 20.6 Å². The van der Waals surface area contributed by atoms with Gasteiger partial charge >= 0.3 is 16.4 Å². The molecule has 2 saturated heterocycles. The molecule has 3 aromatic rings. The zero-order valence-corrected chi connectivity index (χ0v) is 28.9. The molecule has 3 aromatic heterocycles. The van der Waals surface area contributed by atoms with Gasteiger partial charge in [0.15, 0.2) is 28.6 Å². The number of nitrogens with zero attached hydrogens (tertiary/aromatic N) is 6. The molecule has 20 nitrogen and oxygen atoms in total. The van der Waals surface area contributed by atoms with E-state index in [1.807, 2.05) is 10.8 Å². The number of aromatic nitrogens is 4. The quantitative estimate of drug-likeness (QED) is 0.0301. The molecule has 51 heavy (non-hydrogen) atoms. The SMILES string of the molecule is CC1(C)C(NC(=O)C(=NOC(COc2ccc(-[n+]3cc(CCCN)n(CC4(F)CNC4)c3)nc2)C(=O)O)c2csc(N)n2)C(=O)N1OS(=O)(=O)O. The molecule has 5 rings (SSSR count). The summed E-state index contributed by atoms with van der Waals surface area (Å²) >= 11 is 0.940. The maximum Gasteiger partial charge on any atom is 0.418 e. The van der Waals surface area contributed by atoms with Gasteiger partial charge in [0.25, 0.3) is 23.7 Å². The van der Waals surface area contributed by atoms with Gasteiger partial charge in [-0.3, -0.25) is 18.7 Å². The molecule has 2 atom stereocenters. The van der Waals surface area contributed by atoms with Crippen molar-refractivity contribution >= 4 is 50.4 Å². The molecule has 0 aromatic carbocycles. The van der Waals surface area contributed by atoms with E-state index < -0.39 is 63.9 Å². The van der Waals surface area contributed by atoms with Crippen molar-refractivity contribution in [3.8, 4) is 11.6 Å². The van der Waals surface area contributed by atoms with Crippen LogP contribution in [-0.4, -0.2) is 111 Å². The highest BCUT2D eigenvalue weighted by atomic mass is 32.3. The summed E-state index contributed by atoms with van der Waals surface area (Å²) < 4.78 is 59.5. The second kappa shape index (κ2) is 14.8. The van der Waals surface area contributed by atoms with E-state index in [0.29, 0.717) is 23.8 Å². The van der Waals surface area contributed by atoms with Gasteiger partial charge in [0, 0.05) is 31.0 Å². The van der Waals surface area contributed by atoms with E-state index in [1.165, 1.54) is 25.4 Å². The first kappa shape index (κ1) is 37.4. The number of carbonyl (C=O) groups excluding carboxylic acids is 2. The number of thiazole rings is 1. The lowest BCUT2D eigenvalue weighted by Crippen LogP contribution is -2.76. The third-order valence-corrected chi connectivity index (χ3v) is 8.94. The minimum Gasteiger partial charge on any atom is -0.486 e. The smallest absolute Gasteiger partial charge is 0.418 e. The topological polar surface area (TPSA) is 280 Å². The fourth-order valence-electron chi connectivity index (χ4n) is 5.13. The molecule has 2 aliphatic heterocycles. The van der Waals surface area contributed by atoms with Gasteiger partial charge in [0.1, 0.15) is 43.0 Å². The number of β-lactam (4-membered cyclic amide) rings is 1. The number of hydrogen-bond acceptors (Lipinski definition) is 15. The Bertz CT molecular complexity index is 1910. The monoisotopic (exact) mass is 755 g/mol. The molecule has 23 heteroatoms. The molecule has 2 amide bonds. The Morgan fingerprint density at radius 3 is 2.63 bits per heavy atom. The van der Waals surface area contributed by atoms with E-state index in [-0.39, 0.29) is 36.2 Å². The summed E-state index contributed by atoms with van der Waals surface area (Å²) in [5.74, 6) is -2.89. The predicted octanol–water partition coefficient (Wildman–Crippen LogP) is -1.51. The summed E-state index contributed by atoms with van der Waals surface area (Å²) in [5.41, 5.74) is 8.81. The highest BCUT2D eigenvalue weighted by Crippen LogP contribution is 2.33. The van der Waals surface area contributed by atoms with Crippen molar-refractivity contribution < 1.29 is 55.3 Å². The van der Waals surface area contributed by atoms with E-state index in [0.717, 1.165) is 23.5 Å². The number of nitrogens with one attached hydrogen (secondary N) is 2. The van der Waals surface area contributed by atoms with Gasteiger partial charge in [-0.25, -0.2) is 18.7 Å². The van der Waals surface area contributed by atoms with Crippen LogP contribution < -0.4 is 31.4 Å². The lowest BCUT2D eigenvalue weighted by molar-refractivity contribution is -0.599. The third kappa shape index (κ3) is 8.74. The molecule has 0 aliphatic carbocycles. The van der Waals surface area contributed by atoms with E-state index in [9.17, 15) is 32.3 Å². The maximum atomic E-state index is 14.9. The van der Waals surface area contributed by atoms with Crippen LogP contribution in [0.4, 0.5) is 9.52 Å². The lowest BCUT2D eigenvalue weighted by atomic mass is 9.84. The van der Waals surface area contributed by atoms with Crippen molar-refractivity contribution in [1.82, 2.24) is 30.2 Å². The summed E-state index contributed by atoms with van der Waals surface area (Å²) in [7, 11) is -5.04. The molecule has 2 unspecified atom stereocenters. The number of carbonyl (C=O) groups is 3. The number of nitrogens with two attached hydrogens (primary N) is 2. The first-order valence-electron chi connectivity index (χ1n) is 15.3. The standard InChI is InChI=1S/C28H35FN10O10S2/c1-27(2)22(24(41)39(27)49-51(44,45)46)35-23(40)21(18-11-50-26(31)34-18)36-48-19(25(42)43)10-47-17-5-6-20(33-8-17)37-9-16(4-3-7-30)38(15-37)14-28(29)12-32-13-28/h5-6,8-9,11,15,19,22,32H,3-4,7,10,12-14,30H2,1-2H3,(H4-,31,34,35,40,42,43,44,45,46)/p+1. The van der Waals surface area contributed by atoms with Gasteiger partial charge in [-0.2, -0.15) is 13.5 Å². The fraction of sp³-hybridized carbons (Fsp3) is 0.464. The first-order valence-corrected chi connectivity index (χ1v) is 17.5. The number of oxime groups is 1. The fourth-order valence-corrected chi connectivity index (χ4v) is 6.13. The number of ether oxygens (including phenoxy) is 1. The van der Waals surface area contributed by atoms with Crippen molar-refractivity contribution in [3.05, 3.63) is 47.6 Å². The zero-order valence-electron chi connectivity index (χ0n) is 27.3. The Morgan fingerprint density at radius 1 is 1.33 bits per heavy atom. The van der Waals surface area contributed by atoms with Crippen LogP contribution in [0.1, 0.15) is 31.7 Å². The van der Waals surface area contributed by atoms with Crippen molar-refractivity contribution in [2.45, 2.75) is 56.6 Å². The number of halogens is 1. The van der Waals surface area contributed by atoms with Gasteiger partial charge in [0.2, 0.25) is 0 Å². The molecule has 0 spiro atoms. The van der Waals surface area contributed by atoms with E-state index in [1.54, 1.807) is 23.0 Å². The number of aryl methyl sites for hydroxylation is 1. The van der Waals surface area contributed by atoms with Crippen LogP contribution in [0.5, 0.6) is 5.75 Å². The molecule has 2 aliphatic rings. The van der Waals surface area contributed by atoms with Gasteiger partial charge in [0.05, 0.1) is 5.54 Å². The number of rotatable bonds is 17. The van der Waals surface area contributed by atoms with Gasteiger partial charge in [-0.1, -0.05) is 5.16 Å². The van der Waals surface area contributed by atoms with Crippen molar-refractivity contribution in [3.63, 3.8) is 0 Å². The number of carboxylic acid groups (broad SMARTS) is 1. The van der Waals surface area contributed by atoms with Crippen LogP contribution in [0.15, 0.2) is 41.4 Å². The summed E-state index contributed by atoms with van der Waals surface area (Å²) in [4.78, 5) is 51.4. The van der Waals surface area contributed by atoms with Crippen molar-refractivity contribution in [2.75, 3.05) is 32.0 Å². The lowest BCUT2D eigenvalue weighted by Gasteiger charge is -2.50. The minimum atomic E-state index is -5.04. The number of carboxylic acids is 1. The van der Waals surface area contributed by atoms with Gasteiger partial charge < -0.3 is 36.8 Å². The summed E-state index contributed by atoms with van der Waals surface area (Å²) in [6.07, 6.45) is 4.57. The number of imidazole rings is 1. The van der Waals surface area contributed by atoms with Crippen LogP contribution in [0, 0.1) is 0 Å². The minimum absolute atomic E-state index is 0.0378. The molecule has 0 radical (unpaired) electrons. The largest absolute Gasteiger partial charge is 0.486 e. The second-order valence-corrected chi connectivity index (χ2v) is 14.1. The second-order valence-electron chi connectivity index (χ2n) is 12.2. The van der Waals surface area contributed by atoms with Crippen LogP contribution in [0.25, 0.3) is 5.82 Å². The number of nitrogen functional groups attached to an aromatic ring is 1. The Morgan fingerprint density at radius 2 is 2.08 bits per heavy atom. The van der Waals surface area contributed by atoms with Crippen LogP contribution in [0.3, 0.4) is 0 Å². The summed E-state index contributed by atoms with van der Waals surface area (Å²) in [6.45, 7) is 3.31. The molecule has 0 bridgehead atoms. The number of amides is 2. The number of pyridine rings is 1. The maximum absolute atomic E-state index is 14.9. The zero-order chi connectivity index (χ0) is 37.1. The van der Waals surface area contributed by atoms with Crippen molar-refractivity contribution in [2.24, 2.45) is 10.9 Å². The Hall–Kier alpha value is -4.81. The Balaban J connectivity index is 1.26. The number of anilines is 1.